The molecule has 0 unspecified atom stereocenters. The van der Waals surface area contributed by atoms with Gasteiger partial charge in [0.05, 0.1) is 7.11 Å². The lowest BCUT2D eigenvalue weighted by Crippen LogP contribution is -2.43. The number of rotatable bonds is 4. The Morgan fingerprint density at radius 3 is 2.71 bits per heavy atom. The fraction of sp³-hybridized carbons (Fsp3) is 0.533. The van der Waals surface area contributed by atoms with Crippen LogP contribution < -0.4 is 15.4 Å². The van der Waals surface area contributed by atoms with E-state index in [1.54, 1.807) is 6.07 Å². The second-order valence-electron chi connectivity index (χ2n) is 5.56. The van der Waals surface area contributed by atoms with Gasteiger partial charge in [-0.1, -0.05) is 13.0 Å². The minimum Gasteiger partial charge on any atom is -0.496 e. The first kappa shape index (κ1) is 17.7. The van der Waals surface area contributed by atoms with Crippen LogP contribution in [0.15, 0.2) is 18.2 Å². The fourth-order valence-electron chi connectivity index (χ4n) is 2.48. The van der Waals surface area contributed by atoms with Gasteiger partial charge in [-0.05, 0) is 43.5 Å². The van der Waals surface area contributed by atoms with Crippen LogP contribution in [-0.4, -0.2) is 32.7 Å². The van der Waals surface area contributed by atoms with Gasteiger partial charge in [-0.25, -0.2) is 4.39 Å². The Hall–Kier alpha value is -1.33. The maximum Gasteiger partial charge on any atom is 0.258 e. The summed E-state index contributed by atoms with van der Waals surface area (Å²) < 4.78 is 18.9. The summed E-state index contributed by atoms with van der Waals surface area (Å²) in [4.78, 5) is 12.2. The molecule has 1 fully saturated rings. The van der Waals surface area contributed by atoms with Crippen molar-refractivity contribution >= 4 is 18.3 Å². The van der Waals surface area contributed by atoms with Gasteiger partial charge in [0, 0.05) is 6.54 Å². The average Bonchev–Trinajstić information content (AvgIpc) is 2.45. The van der Waals surface area contributed by atoms with Crippen molar-refractivity contribution in [1.82, 2.24) is 10.6 Å². The highest BCUT2D eigenvalue weighted by Crippen LogP contribution is 2.27. The van der Waals surface area contributed by atoms with E-state index in [1.807, 2.05) is 0 Å². The third-order valence-electron chi connectivity index (χ3n) is 3.91. The Balaban J connectivity index is 0.00000220. The quantitative estimate of drug-likeness (QED) is 0.896. The second-order valence-corrected chi connectivity index (χ2v) is 5.56. The molecule has 0 saturated carbocycles. The zero-order chi connectivity index (χ0) is 14.6. The van der Waals surface area contributed by atoms with E-state index < -0.39 is 11.7 Å². The maximum absolute atomic E-state index is 13.8. The standard InChI is InChI=1S/C15H21FN2O2.ClH/c1-15(6-8-17-9-7-15)10-18-14(19)13-11(16)4-3-5-12(13)20-2;/h3-5,17H,6-10H2,1-2H3,(H,18,19);1H. The van der Waals surface area contributed by atoms with Crippen LogP contribution in [-0.2, 0) is 0 Å². The number of piperidine rings is 1. The topological polar surface area (TPSA) is 50.4 Å². The zero-order valence-corrected chi connectivity index (χ0v) is 13.2. The molecule has 1 aliphatic rings. The summed E-state index contributed by atoms with van der Waals surface area (Å²) in [6.07, 6.45) is 2.00. The van der Waals surface area contributed by atoms with Crippen LogP contribution in [0.5, 0.6) is 5.75 Å². The number of carbonyl (C=O) groups is 1. The molecule has 0 radical (unpaired) electrons. The van der Waals surface area contributed by atoms with Gasteiger partial charge >= 0.3 is 0 Å². The number of hydrogen-bond acceptors (Lipinski definition) is 3. The van der Waals surface area contributed by atoms with Gasteiger partial charge in [0.1, 0.15) is 17.1 Å². The molecule has 118 valence electrons. The van der Waals surface area contributed by atoms with Crippen molar-refractivity contribution in [1.29, 1.82) is 0 Å². The number of methoxy groups -OCH3 is 1. The van der Waals surface area contributed by atoms with Crippen LogP contribution in [0.25, 0.3) is 0 Å². The van der Waals surface area contributed by atoms with Gasteiger partial charge in [-0.3, -0.25) is 4.79 Å². The van der Waals surface area contributed by atoms with E-state index >= 15 is 0 Å². The first-order chi connectivity index (χ1) is 9.56. The minimum absolute atomic E-state index is 0. The van der Waals surface area contributed by atoms with Crippen LogP contribution in [0.1, 0.15) is 30.1 Å². The van der Waals surface area contributed by atoms with Crippen LogP contribution in [0.2, 0.25) is 0 Å². The molecular weight excluding hydrogens is 295 g/mol. The predicted molar refractivity (Wildman–Crippen MR) is 82.7 cm³/mol. The highest BCUT2D eigenvalue weighted by atomic mass is 35.5. The van der Waals surface area contributed by atoms with Crippen LogP contribution in [0, 0.1) is 11.2 Å². The van der Waals surface area contributed by atoms with Gasteiger partial charge < -0.3 is 15.4 Å². The van der Waals surface area contributed by atoms with E-state index in [0.717, 1.165) is 25.9 Å². The summed E-state index contributed by atoms with van der Waals surface area (Å²) in [7, 11) is 1.43. The van der Waals surface area contributed by atoms with E-state index in [1.165, 1.54) is 19.2 Å². The molecule has 1 heterocycles. The molecule has 0 aromatic heterocycles. The summed E-state index contributed by atoms with van der Waals surface area (Å²) in [5.74, 6) is -0.713. The molecule has 0 atom stereocenters. The Morgan fingerprint density at radius 1 is 1.43 bits per heavy atom. The molecule has 0 aliphatic carbocycles. The van der Waals surface area contributed by atoms with E-state index in [9.17, 15) is 9.18 Å². The van der Waals surface area contributed by atoms with Gasteiger partial charge in [0.2, 0.25) is 0 Å². The summed E-state index contributed by atoms with van der Waals surface area (Å²) >= 11 is 0. The SMILES string of the molecule is COc1cccc(F)c1C(=O)NCC1(C)CCNCC1.Cl. The number of hydrogen-bond donors (Lipinski definition) is 2. The Morgan fingerprint density at radius 2 is 2.10 bits per heavy atom. The Labute approximate surface area is 130 Å². The summed E-state index contributed by atoms with van der Waals surface area (Å²) in [6, 6.07) is 4.38. The lowest BCUT2D eigenvalue weighted by molar-refractivity contribution is 0.0915. The van der Waals surface area contributed by atoms with E-state index in [4.69, 9.17) is 4.74 Å². The number of amides is 1. The molecule has 0 bridgehead atoms. The number of benzene rings is 1. The normalized spacial score (nSPS) is 16.7. The smallest absolute Gasteiger partial charge is 0.258 e. The van der Waals surface area contributed by atoms with E-state index in [0.29, 0.717) is 6.54 Å². The summed E-state index contributed by atoms with van der Waals surface area (Å²) in [6.45, 7) is 4.60. The molecule has 4 nitrogen and oxygen atoms in total. The first-order valence-electron chi connectivity index (χ1n) is 6.87. The van der Waals surface area contributed by atoms with Crippen molar-refractivity contribution in [3.8, 4) is 5.75 Å². The molecular formula is C15H22ClFN2O2. The van der Waals surface area contributed by atoms with Crippen molar-refractivity contribution in [2.24, 2.45) is 5.41 Å². The molecule has 1 aromatic carbocycles. The fourth-order valence-corrected chi connectivity index (χ4v) is 2.48. The highest BCUT2D eigenvalue weighted by Gasteiger charge is 2.28. The van der Waals surface area contributed by atoms with Crippen LogP contribution in [0.3, 0.4) is 0 Å². The molecule has 2 rings (SSSR count). The third-order valence-corrected chi connectivity index (χ3v) is 3.91. The summed E-state index contributed by atoms with van der Waals surface area (Å²) in [5, 5.41) is 6.13. The maximum atomic E-state index is 13.8. The van der Waals surface area contributed by atoms with Gasteiger partial charge in [0.15, 0.2) is 0 Å². The van der Waals surface area contributed by atoms with Gasteiger partial charge in [-0.15, -0.1) is 12.4 Å². The molecule has 21 heavy (non-hydrogen) atoms. The van der Waals surface area contributed by atoms with Crippen molar-refractivity contribution in [3.63, 3.8) is 0 Å². The van der Waals surface area contributed by atoms with E-state index in [-0.39, 0.29) is 29.1 Å². The second kappa shape index (κ2) is 7.61. The first-order valence-corrected chi connectivity index (χ1v) is 6.87. The zero-order valence-electron chi connectivity index (χ0n) is 12.4. The largest absolute Gasteiger partial charge is 0.496 e. The number of halogens is 2. The van der Waals surface area contributed by atoms with Crippen molar-refractivity contribution in [3.05, 3.63) is 29.6 Å². The number of carbonyl (C=O) groups excluding carboxylic acids is 1. The van der Waals surface area contributed by atoms with Crippen molar-refractivity contribution in [2.75, 3.05) is 26.7 Å². The monoisotopic (exact) mass is 316 g/mol. The van der Waals surface area contributed by atoms with Crippen molar-refractivity contribution in [2.45, 2.75) is 19.8 Å². The summed E-state index contributed by atoms with van der Waals surface area (Å²) in [5.41, 5.74) is 0.0480. The Bertz CT molecular complexity index is 491. The predicted octanol–water partition coefficient (Wildman–Crippen LogP) is 2.38. The average molecular weight is 317 g/mol. The van der Waals surface area contributed by atoms with E-state index in [2.05, 4.69) is 17.6 Å². The molecule has 1 amide bonds. The molecule has 0 spiro atoms. The molecule has 1 aliphatic heterocycles. The molecule has 6 heteroatoms. The Kier molecular flexibility index (Phi) is 6.42. The minimum atomic E-state index is -0.558. The van der Waals surface area contributed by atoms with Crippen LogP contribution in [0.4, 0.5) is 4.39 Å². The molecule has 1 aromatic rings. The molecule has 2 N–H and O–H groups in total. The van der Waals surface area contributed by atoms with Gasteiger partial charge in [0.25, 0.3) is 5.91 Å². The molecule has 1 saturated heterocycles. The number of nitrogens with one attached hydrogen (secondary N) is 2. The van der Waals surface area contributed by atoms with Gasteiger partial charge in [-0.2, -0.15) is 0 Å². The van der Waals surface area contributed by atoms with Crippen molar-refractivity contribution < 1.29 is 13.9 Å². The lowest BCUT2D eigenvalue weighted by Gasteiger charge is -2.34. The number of ether oxygens (including phenoxy) is 1. The van der Waals surface area contributed by atoms with Crippen LogP contribution >= 0.6 is 12.4 Å². The third kappa shape index (κ3) is 4.32. The highest BCUT2D eigenvalue weighted by molar-refractivity contribution is 5.97. The lowest BCUT2D eigenvalue weighted by atomic mass is 9.81.